The fraction of sp³-hybridized carbons (Fsp3) is 0. The molecule has 16 radical (unpaired) electrons. The summed E-state index contributed by atoms with van der Waals surface area (Å²) in [5.41, 5.74) is 8.45. The van der Waals surface area contributed by atoms with E-state index in [1.54, 1.807) is 0 Å². The Hall–Kier alpha value is -4.62. The van der Waals surface area contributed by atoms with E-state index in [0.29, 0.717) is 32.7 Å². The molecule has 7 aromatic carbocycles. The summed E-state index contributed by atoms with van der Waals surface area (Å²) in [6.45, 7) is 0. The summed E-state index contributed by atoms with van der Waals surface area (Å²) in [4.78, 5) is 0. The van der Waals surface area contributed by atoms with Crippen LogP contribution in [0.5, 0.6) is 0 Å². The zero-order chi connectivity index (χ0) is 32.7. The Morgan fingerprint density at radius 2 is 0.745 bits per heavy atom. The number of fused-ring (bicyclic) bond motifs is 5. The van der Waals surface area contributed by atoms with Crippen molar-refractivity contribution >= 4 is 150 Å². The van der Waals surface area contributed by atoms with E-state index < -0.39 is 0 Å². The van der Waals surface area contributed by atoms with Gasteiger partial charge in [0.2, 0.25) is 0 Å². The van der Waals surface area contributed by atoms with Gasteiger partial charge in [-0.3, -0.25) is 0 Å². The van der Waals surface area contributed by atoms with Crippen LogP contribution in [0.1, 0.15) is 0 Å². The van der Waals surface area contributed by atoms with Gasteiger partial charge in [-0.2, -0.15) is 0 Å². The van der Waals surface area contributed by atoms with Gasteiger partial charge in [0.15, 0.2) is 0 Å². The van der Waals surface area contributed by atoms with E-state index in [-0.39, 0.29) is 43.7 Å². The van der Waals surface area contributed by atoms with Crippen molar-refractivity contribution in [1.82, 2.24) is 0 Å². The first-order chi connectivity index (χ1) is 22.7. The Kier molecular flexibility index (Phi) is 6.95. The Labute approximate surface area is 283 Å². The topological polar surface area (TPSA) is 13.1 Å². The molecule has 0 bridgehead atoms. The van der Waals surface area contributed by atoms with Crippen LogP contribution in [0.2, 0.25) is 0 Å². The SMILES string of the molecule is [B]c1c([B])c([B])c2c(-c3ccc(-c4cccc5oc6ccccc6c45)cc3)c3c([B])c([B])c([B])c([B])c3c(-c3ccccc3)c2c1[B]. The molecular formula is C38H16B8O. The zero-order valence-corrected chi connectivity index (χ0v) is 25.3. The lowest BCUT2D eigenvalue weighted by atomic mass is 9.59. The molecule has 1 aromatic heterocycles. The highest BCUT2D eigenvalue weighted by Gasteiger charge is 2.24. The maximum Gasteiger partial charge on any atom is 0.136 e. The molecule has 0 fully saturated rings. The molecule has 0 aliphatic rings. The maximum atomic E-state index is 6.85. The third-order valence-electron chi connectivity index (χ3n) is 9.27. The van der Waals surface area contributed by atoms with Crippen LogP contribution in [-0.4, -0.2) is 62.8 Å². The fourth-order valence-corrected chi connectivity index (χ4v) is 6.96. The molecule has 8 rings (SSSR count). The first-order valence-corrected chi connectivity index (χ1v) is 15.0. The number of furan rings is 1. The smallest absolute Gasteiger partial charge is 0.136 e. The quantitative estimate of drug-likeness (QED) is 0.229. The van der Waals surface area contributed by atoms with E-state index in [4.69, 9.17) is 67.2 Å². The molecule has 8 aromatic rings. The second kappa shape index (κ2) is 11.0. The molecule has 0 amide bonds. The molecule has 0 N–H and O–H groups in total. The third-order valence-corrected chi connectivity index (χ3v) is 9.27. The van der Waals surface area contributed by atoms with Crippen molar-refractivity contribution in [3.8, 4) is 33.4 Å². The van der Waals surface area contributed by atoms with Gasteiger partial charge in [-0.25, -0.2) is 0 Å². The first kappa shape index (κ1) is 29.8. The van der Waals surface area contributed by atoms with Crippen molar-refractivity contribution in [3.05, 3.63) is 97.1 Å². The highest BCUT2D eigenvalue weighted by Crippen LogP contribution is 2.42. The minimum absolute atomic E-state index is 0.180. The molecular weight excluding hydrogens is 559 g/mol. The van der Waals surface area contributed by atoms with Gasteiger partial charge in [0.1, 0.15) is 73.9 Å². The number of benzene rings is 7. The van der Waals surface area contributed by atoms with Gasteiger partial charge >= 0.3 is 0 Å². The van der Waals surface area contributed by atoms with Crippen LogP contribution in [-0.2, 0) is 0 Å². The Balaban J connectivity index is 1.51. The lowest BCUT2D eigenvalue weighted by molar-refractivity contribution is 0.669. The van der Waals surface area contributed by atoms with Crippen LogP contribution in [0.15, 0.2) is 101 Å². The van der Waals surface area contributed by atoms with Crippen molar-refractivity contribution in [3.63, 3.8) is 0 Å². The summed E-state index contributed by atoms with van der Waals surface area (Å²) in [5.74, 6) is 0. The number of rotatable bonds is 3. The van der Waals surface area contributed by atoms with E-state index in [0.717, 1.165) is 44.2 Å². The van der Waals surface area contributed by atoms with Gasteiger partial charge in [0.05, 0.1) is 0 Å². The van der Waals surface area contributed by atoms with Crippen molar-refractivity contribution in [2.24, 2.45) is 0 Å². The summed E-state index contributed by atoms with van der Waals surface area (Å²) in [6, 6.07) is 31.9. The van der Waals surface area contributed by atoms with Crippen LogP contribution in [0.3, 0.4) is 0 Å². The van der Waals surface area contributed by atoms with E-state index in [1.807, 2.05) is 72.8 Å². The molecule has 0 spiro atoms. The average molecular weight is 575 g/mol. The number of hydrogen-bond donors (Lipinski definition) is 0. The Morgan fingerprint density at radius 3 is 1.28 bits per heavy atom. The first-order valence-electron chi connectivity index (χ1n) is 15.0. The summed E-state index contributed by atoms with van der Waals surface area (Å²) in [7, 11) is 53.3. The van der Waals surface area contributed by atoms with Crippen LogP contribution < -0.4 is 43.7 Å². The average Bonchev–Trinajstić information content (AvgIpc) is 3.49. The summed E-state index contributed by atoms with van der Waals surface area (Å²) in [6.07, 6.45) is 0. The predicted octanol–water partition coefficient (Wildman–Crippen LogP) is 1.24. The maximum absolute atomic E-state index is 6.85. The molecule has 0 atom stereocenters. The van der Waals surface area contributed by atoms with E-state index >= 15 is 0 Å². The van der Waals surface area contributed by atoms with Crippen molar-refractivity contribution < 1.29 is 4.42 Å². The number of para-hydroxylation sites is 1. The normalized spacial score (nSPS) is 11.7. The molecule has 1 nitrogen and oxygen atoms in total. The second-order valence-electron chi connectivity index (χ2n) is 11.8. The molecule has 1 heterocycles. The second-order valence-corrected chi connectivity index (χ2v) is 11.8. The third kappa shape index (κ3) is 4.28. The van der Waals surface area contributed by atoms with E-state index in [2.05, 4.69) is 24.3 Å². The van der Waals surface area contributed by atoms with Crippen molar-refractivity contribution in [2.75, 3.05) is 0 Å². The van der Waals surface area contributed by atoms with Crippen LogP contribution in [0.25, 0.3) is 76.9 Å². The van der Waals surface area contributed by atoms with Gasteiger partial charge in [-0.05, 0) is 67.1 Å². The van der Waals surface area contributed by atoms with Crippen molar-refractivity contribution in [1.29, 1.82) is 0 Å². The minimum Gasteiger partial charge on any atom is -0.456 e. The van der Waals surface area contributed by atoms with E-state index in [9.17, 15) is 0 Å². The van der Waals surface area contributed by atoms with Gasteiger partial charge in [0.25, 0.3) is 0 Å². The highest BCUT2D eigenvalue weighted by atomic mass is 16.3. The van der Waals surface area contributed by atoms with Crippen LogP contribution in [0, 0.1) is 0 Å². The fourth-order valence-electron chi connectivity index (χ4n) is 6.96. The monoisotopic (exact) mass is 576 g/mol. The largest absolute Gasteiger partial charge is 0.456 e. The van der Waals surface area contributed by atoms with Gasteiger partial charge in [-0.15, -0.1) is 21.9 Å². The molecule has 47 heavy (non-hydrogen) atoms. The summed E-state index contributed by atoms with van der Waals surface area (Å²) < 4.78 is 6.15. The zero-order valence-electron chi connectivity index (χ0n) is 25.3. The molecule has 0 aliphatic heterocycles. The molecule has 198 valence electrons. The summed E-state index contributed by atoms with van der Waals surface area (Å²) in [5, 5.41) is 4.45. The number of hydrogen-bond acceptors (Lipinski definition) is 1. The molecule has 9 heteroatoms. The standard InChI is InChI=1S/C38H16B8O/c39-31-27-24(18-7-2-1-3-8-18)28-30(34(42)38(46)36(44)32(28)40)25(29(27)33(41)37(45)35(31)43)19-15-13-17(14-16-19)20-10-6-12-23-26(20)21-9-4-5-11-22(21)47-23/h1-16H. The predicted molar refractivity (Wildman–Crippen MR) is 208 cm³/mol. The van der Waals surface area contributed by atoms with Crippen LogP contribution in [0.4, 0.5) is 0 Å². The Morgan fingerprint density at radius 1 is 0.319 bits per heavy atom. The molecule has 0 saturated heterocycles. The van der Waals surface area contributed by atoms with Gasteiger partial charge in [-0.1, -0.05) is 107 Å². The lowest BCUT2D eigenvalue weighted by Crippen LogP contribution is -2.50. The minimum atomic E-state index is 0.180. The van der Waals surface area contributed by atoms with Crippen LogP contribution >= 0.6 is 0 Å². The molecule has 0 saturated carbocycles. The Bertz CT molecular complexity index is 2510. The van der Waals surface area contributed by atoms with E-state index in [1.165, 1.54) is 0 Å². The summed E-state index contributed by atoms with van der Waals surface area (Å²) >= 11 is 0. The van der Waals surface area contributed by atoms with Crippen molar-refractivity contribution in [2.45, 2.75) is 0 Å². The lowest BCUT2D eigenvalue weighted by Gasteiger charge is -2.28. The molecule has 0 aliphatic carbocycles. The van der Waals surface area contributed by atoms with Gasteiger partial charge < -0.3 is 4.42 Å². The highest BCUT2D eigenvalue weighted by molar-refractivity contribution is 6.71. The molecule has 0 unspecified atom stereocenters. The van der Waals surface area contributed by atoms with Gasteiger partial charge in [0, 0.05) is 10.8 Å².